The Morgan fingerprint density at radius 2 is 1.81 bits per heavy atom. The summed E-state index contributed by atoms with van der Waals surface area (Å²) >= 11 is 5.15. The maximum Gasteiger partial charge on any atom is 0.328 e. The summed E-state index contributed by atoms with van der Waals surface area (Å²) in [5.74, 6) is -0.0616. The van der Waals surface area contributed by atoms with Gasteiger partial charge in [-0.25, -0.2) is 4.79 Å². The molecule has 4 aliphatic heterocycles. The number of carbonyl (C=O) groups excluding carboxylic acids is 3. The number of thioether (sulfide) groups is 1. The first-order valence-electron chi connectivity index (χ1n) is 14.7. The van der Waals surface area contributed by atoms with Crippen molar-refractivity contribution in [2.45, 2.75) is 62.1 Å². The zero-order valence-electron chi connectivity index (χ0n) is 24.1. The molecule has 6 rings (SSSR count). The van der Waals surface area contributed by atoms with Crippen molar-refractivity contribution in [3.05, 3.63) is 39.2 Å². The zero-order chi connectivity index (χ0) is 29.4. The van der Waals surface area contributed by atoms with Crippen molar-refractivity contribution in [3.8, 4) is 5.75 Å². The number of methoxy groups -OCH3 is 1. The summed E-state index contributed by atoms with van der Waals surface area (Å²) in [6, 6.07) is 7.37. The number of nitrogens with zero attached hydrogens (tertiary/aromatic N) is 3. The van der Waals surface area contributed by atoms with Crippen molar-refractivity contribution < 1.29 is 33.3 Å². The molecule has 1 saturated carbocycles. The highest BCUT2D eigenvalue weighted by Gasteiger charge is 2.62. The summed E-state index contributed by atoms with van der Waals surface area (Å²) in [6.07, 6.45) is 2.42. The Kier molecular flexibility index (Phi) is 8.89. The van der Waals surface area contributed by atoms with Crippen molar-refractivity contribution in [1.29, 1.82) is 0 Å². The second-order valence-corrected chi connectivity index (χ2v) is 14.1. The predicted molar refractivity (Wildman–Crippen MR) is 160 cm³/mol. The molecule has 228 valence electrons. The highest BCUT2D eigenvalue weighted by molar-refractivity contribution is 9.14. The third-order valence-electron chi connectivity index (χ3n) is 9.04. The number of ether oxygens (including phenoxy) is 4. The molecule has 4 amide bonds. The minimum atomic E-state index is -0.797. The van der Waals surface area contributed by atoms with Gasteiger partial charge in [0.2, 0.25) is 11.8 Å². The zero-order valence-corrected chi connectivity index (χ0v) is 26.5. The number of hydrogen-bond donors (Lipinski definition) is 0. The number of hydrogen-bond acceptors (Lipinski definition) is 8. The van der Waals surface area contributed by atoms with Crippen molar-refractivity contribution in [1.82, 2.24) is 14.7 Å². The van der Waals surface area contributed by atoms with Gasteiger partial charge in [0.25, 0.3) is 0 Å². The van der Waals surface area contributed by atoms with Gasteiger partial charge in [-0.2, -0.15) is 0 Å². The number of para-hydroxylation sites is 1. The molecule has 10 nitrogen and oxygen atoms in total. The second-order valence-electron chi connectivity index (χ2n) is 11.6. The average molecular weight is 665 g/mol. The molecule has 0 aromatic heterocycles. The lowest BCUT2D eigenvalue weighted by atomic mass is 9.94. The van der Waals surface area contributed by atoms with Crippen LogP contribution in [0.4, 0.5) is 4.79 Å². The van der Waals surface area contributed by atoms with Gasteiger partial charge in [-0.05, 0) is 60.2 Å². The molecule has 4 fully saturated rings. The lowest BCUT2D eigenvalue weighted by molar-refractivity contribution is -0.143. The van der Waals surface area contributed by atoms with Crippen LogP contribution in [0.5, 0.6) is 5.75 Å². The third-order valence-corrected chi connectivity index (χ3v) is 11.5. The van der Waals surface area contributed by atoms with Crippen LogP contribution in [0.25, 0.3) is 0 Å². The first-order chi connectivity index (χ1) is 20.3. The Balaban J connectivity index is 1.31. The quantitative estimate of drug-likeness (QED) is 0.386. The van der Waals surface area contributed by atoms with Crippen LogP contribution in [-0.4, -0.2) is 103 Å². The van der Waals surface area contributed by atoms with Crippen LogP contribution in [0, 0.1) is 5.92 Å². The van der Waals surface area contributed by atoms with E-state index >= 15 is 0 Å². The molecule has 3 atom stereocenters. The predicted octanol–water partition coefficient (Wildman–Crippen LogP) is 4.29. The molecular formula is C30H38BrN3O7S. The summed E-state index contributed by atoms with van der Waals surface area (Å²) in [6.45, 7) is 5.52. The Morgan fingerprint density at radius 3 is 2.50 bits per heavy atom. The molecule has 12 heteroatoms. The maximum absolute atomic E-state index is 14.5. The molecule has 1 aromatic rings. The van der Waals surface area contributed by atoms with Crippen molar-refractivity contribution in [3.63, 3.8) is 0 Å². The van der Waals surface area contributed by atoms with Gasteiger partial charge in [-0.3, -0.25) is 14.5 Å². The van der Waals surface area contributed by atoms with Crippen molar-refractivity contribution in [2.24, 2.45) is 5.92 Å². The number of rotatable bonds is 9. The van der Waals surface area contributed by atoms with Crippen molar-refractivity contribution >= 4 is 45.5 Å². The van der Waals surface area contributed by atoms with Gasteiger partial charge in [-0.15, -0.1) is 0 Å². The number of urea groups is 1. The van der Waals surface area contributed by atoms with E-state index in [1.54, 1.807) is 16.9 Å². The van der Waals surface area contributed by atoms with E-state index < -0.39 is 22.9 Å². The Morgan fingerprint density at radius 1 is 1.12 bits per heavy atom. The number of amides is 4. The maximum atomic E-state index is 14.5. The van der Waals surface area contributed by atoms with Gasteiger partial charge in [0.15, 0.2) is 0 Å². The fraction of sp³-hybridized carbons (Fsp3) is 0.633. The standard InChI is InChI=1S/C30H38BrN3O7S/c1-19-25-27(36)34(30(9-10-30)17-24(35)32-11-15-40-16-12-32)29(37)33(28(25)42-26(19)31)18-23(41-20-7-13-39-14-8-20)21-5-3-4-6-22(21)38-2/h3-6,20,23,25,28H,7-18H2,1-2H3. The van der Waals surface area contributed by atoms with E-state index in [0.717, 1.165) is 27.8 Å². The van der Waals surface area contributed by atoms with E-state index in [1.165, 1.54) is 16.7 Å². The average Bonchev–Trinajstić information content (AvgIpc) is 3.71. The number of halogens is 1. The van der Waals surface area contributed by atoms with E-state index in [-0.39, 0.29) is 36.9 Å². The Hall–Kier alpha value is -2.12. The van der Waals surface area contributed by atoms with Gasteiger partial charge in [0.1, 0.15) is 17.2 Å². The number of benzene rings is 1. The normalized spacial score (nSPS) is 26.9. The highest BCUT2D eigenvalue weighted by atomic mass is 79.9. The number of imide groups is 1. The van der Waals surface area contributed by atoms with Gasteiger partial charge >= 0.3 is 6.03 Å². The molecule has 42 heavy (non-hydrogen) atoms. The van der Waals surface area contributed by atoms with Crippen LogP contribution >= 0.6 is 27.7 Å². The SMILES string of the molecule is COc1ccccc1C(CN1C(=O)N(C2(CC(=O)N3CCOCC3)CC2)C(=O)C2C(C)=C(Br)SC21)OC1CCOCC1. The lowest BCUT2D eigenvalue weighted by Gasteiger charge is -2.46. The summed E-state index contributed by atoms with van der Waals surface area (Å²) in [5, 5.41) is -0.406. The number of fused-ring (bicyclic) bond motifs is 1. The molecule has 0 N–H and O–H groups in total. The topological polar surface area (TPSA) is 97.9 Å². The van der Waals surface area contributed by atoms with E-state index in [2.05, 4.69) is 15.9 Å². The van der Waals surface area contributed by atoms with Gasteiger partial charge in [0.05, 0.1) is 54.7 Å². The van der Waals surface area contributed by atoms with E-state index in [0.29, 0.717) is 58.1 Å². The second kappa shape index (κ2) is 12.5. The molecule has 4 heterocycles. The molecule has 0 spiro atoms. The summed E-state index contributed by atoms with van der Waals surface area (Å²) in [4.78, 5) is 47.0. The van der Waals surface area contributed by atoms with Crippen LogP contribution in [0.15, 0.2) is 33.7 Å². The fourth-order valence-electron chi connectivity index (χ4n) is 6.44. The summed E-state index contributed by atoms with van der Waals surface area (Å²) in [5.41, 5.74) is 0.968. The van der Waals surface area contributed by atoms with Gasteiger partial charge in [-0.1, -0.05) is 30.0 Å². The molecule has 0 bridgehead atoms. The highest BCUT2D eigenvalue weighted by Crippen LogP contribution is 2.54. The van der Waals surface area contributed by atoms with Crippen LogP contribution in [-0.2, 0) is 23.8 Å². The molecule has 1 aromatic carbocycles. The number of morpholine rings is 1. The van der Waals surface area contributed by atoms with Crippen molar-refractivity contribution in [2.75, 3.05) is 53.2 Å². The number of carbonyl (C=O) groups is 3. The Bertz CT molecular complexity index is 1250. The van der Waals surface area contributed by atoms with E-state index in [4.69, 9.17) is 18.9 Å². The minimum absolute atomic E-state index is 0.0224. The molecule has 5 aliphatic rings. The van der Waals surface area contributed by atoms with E-state index in [1.807, 2.05) is 31.2 Å². The third kappa shape index (κ3) is 5.72. The Labute approximate surface area is 259 Å². The first kappa shape index (κ1) is 29.9. The minimum Gasteiger partial charge on any atom is -0.496 e. The largest absolute Gasteiger partial charge is 0.496 e. The van der Waals surface area contributed by atoms with E-state index in [9.17, 15) is 14.4 Å². The first-order valence-corrected chi connectivity index (χ1v) is 16.4. The molecule has 1 aliphatic carbocycles. The van der Waals surface area contributed by atoms with Crippen LogP contribution < -0.4 is 4.74 Å². The summed E-state index contributed by atoms with van der Waals surface area (Å²) < 4.78 is 24.3. The molecule has 3 unspecified atom stereocenters. The van der Waals surface area contributed by atoms with Crippen LogP contribution in [0.3, 0.4) is 0 Å². The van der Waals surface area contributed by atoms with Gasteiger partial charge < -0.3 is 28.7 Å². The van der Waals surface area contributed by atoms with Gasteiger partial charge in [0, 0.05) is 31.9 Å². The monoisotopic (exact) mass is 663 g/mol. The molecule has 3 saturated heterocycles. The van der Waals surface area contributed by atoms with Crippen LogP contribution in [0.2, 0.25) is 0 Å². The lowest BCUT2D eigenvalue weighted by Crippen LogP contribution is -2.64. The summed E-state index contributed by atoms with van der Waals surface area (Å²) in [7, 11) is 1.63. The molecule has 0 radical (unpaired) electrons. The fourth-order valence-corrected chi connectivity index (χ4v) is 8.55. The molecular weight excluding hydrogens is 626 g/mol. The smallest absolute Gasteiger partial charge is 0.328 e. The van der Waals surface area contributed by atoms with Crippen LogP contribution in [0.1, 0.15) is 50.7 Å².